The summed E-state index contributed by atoms with van der Waals surface area (Å²) in [6.07, 6.45) is 3.28. The third kappa shape index (κ3) is 2.95. The number of halogens is 2. The SMILES string of the molecule is CNCC=Cc1cc(F)ccc1F. The van der Waals surface area contributed by atoms with E-state index in [4.69, 9.17) is 0 Å². The van der Waals surface area contributed by atoms with Crippen LogP contribution in [-0.4, -0.2) is 13.6 Å². The molecule has 1 aromatic rings. The lowest BCUT2D eigenvalue weighted by Gasteiger charge is -1.96. The van der Waals surface area contributed by atoms with Crippen LogP contribution in [0, 0.1) is 11.6 Å². The highest BCUT2D eigenvalue weighted by Gasteiger charge is 1.98. The molecule has 1 nitrogen and oxygen atoms in total. The van der Waals surface area contributed by atoms with Gasteiger partial charge in [0, 0.05) is 12.1 Å². The lowest BCUT2D eigenvalue weighted by atomic mass is 10.2. The van der Waals surface area contributed by atoms with Gasteiger partial charge in [0.15, 0.2) is 0 Å². The van der Waals surface area contributed by atoms with Crippen LogP contribution in [0.2, 0.25) is 0 Å². The first-order valence-electron chi connectivity index (χ1n) is 4.00. The standard InChI is InChI=1S/C10H11F2N/c1-13-6-2-3-8-7-9(11)4-5-10(8)12/h2-5,7,13H,6H2,1H3. The van der Waals surface area contributed by atoms with Crippen LogP contribution in [0.4, 0.5) is 8.78 Å². The molecular weight excluding hydrogens is 172 g/mol. The highest BCUT2D eigenvalue weighted by Crippen LogP contribution is 2.10. The fourth-order valence-corrected chi connectivity index (χ4v) is 0.946. The first-order chi connectivity index (χ1) is 6.24. The van der Waals surface area contributed by atoms with E-state index in [-0.39, 0.29) is 5.56 Å². The summed E-state index contributed by atoms with van der Waals surface area (Å²) < 4.78 is 25.6. The van der Waals surface area contributed by atoms with Crippen molar-refractivity contribution in [3.8, 4) is 0 Å². The van der Waals surface area contributed by atoms with Crippen LogP contribution >= 0.6 is 0 Å². The second-order valence-electron chi connectivity index (χ2n) is 2.63. The van der Waals surface area contributed by atoms with Crippen molar-refractivity contribution < 1.29 is 8.78 Å². The van der Waals surface area contributed by atoms with Crippen molar-refractivity contribution in [1.82, 2.24) is 5.32 Å². The third-order valence-corrected chi connectivity index (χ3v) is 1.58. The van der Waals surface area contributed by atoms with Crippen molar-refractivity contribution in [3.63, 3.8) is 0 Å². The molecule has 0 aromatic heterocycles. The van der Waals surface area contributed by atoms with E-state index in [2.05, 4.69) is 5.32 Å². The van der Waals surface area contributed by atoms with Gasteiger partial charge in [-0.25, -0.2) is 8.78 Å². The molecule has 0 heterocycles. The molecule has 0 bridgehead atoms. The van der Waals surface area contributed by atoms with E-state index >= 15 is 0 Å². The Morgan fingerprint density at radius 1 is 1.38 bits per heavy atom. The van der Waals surface area contributed by atoms with Gasteiger partial charge in [0.2, 0.25) is 0 Å². The molecule has 0 aliphatic carbocycles. The Balaban J connectivity index is 2.81. The molecule has 1 aromatic carbocycles. The summed E-state index contributed by atoms with van der Waals surface area (Å²) in [5.41, 5.74) is 0.273. The van der Waals surface area contributed by atoms with Gasteiger partial charge in [0.1, 0.15) is 11.6 Å². The minimum atomic E-state index is -0.425. The van der Waals surface area contributed by atoms with Crippen molar-refractivity contribution in [1.29, 1.82) is 0 Å². The van der Waals surface area contributed by atoms with Crippen molar-refractivity contribution in [2.45, 2.75) is 0 Å². The highest BCUT2D eigenvalue weighted by atomic mass is 19.1. The van der Waals surface area contributed by atoms with Gasteiger partial charge in [0.05, 0.1) is 0 Å². The summed E-state index contributed by atoms with van der Waals surface area (Å²) in [4.78, 5) is 0. The molecule has 0 aliphatic rings. The fourth-order valence-electron chi connectivity index (χ4n) is 0.946. The lowest BCUT2D eigenvalue weighted by molar-refractivity contribution is 0.598. The van der Waals surface area contributed by atoms with Gasteiger partial charge in [-0.1, -0.05) is 12.2 Å². The molecule has 0 radical (unpaired) electrons. The molecule has 0 atom stereocenters. The molecule has 0 aliphatic heterocycles. The molecule has 0 spiro atoms. The van der Waals surface area contributed by atoms with E-state index in [1.807, 2.05) is 0 Å². The average molecular weight is 183 g/mol. The van der Waals surface area contributed by atoms with E-state index in [1.54, 1.807) is 19.2 Å². The quantitative estimate of drug-likeness (QED) is 0.757. The zero-order chi connectivity index (χ0) is 9.68. The Morgan fingerprint density at radius 3 is 2.85 bits per heavy atom. The van der Waals surface area contributed by atoms with Gasteiger partial charge in [-0.3, -0.25) is 0 Å². The Bertz CT molecular complexity index is 308. The van der Waals surface area contributed by atoms with Crippen molar-refractivity contribution in [2.75, 3.05) is 13.6 Å². The van der Waals surface area contributed by atoms with Gasteiger partial charge < -0.3 is 5.32 Å². The second-order valence-corrected chi connectivity index (χ2v) is 2.63. The van der Waals surface area contributed by atoms with Gasteiger partial charge >= 0.3 is 0 Å². The van der Waals surface area contributed by atoms with Gasteiger partial charge in [-0.15, -0.1) is 0 Å². The van der Waals surface area contributed by atoms with E-state index in [0.29, 0.717) is 6.54 Å². The maximum absolute atomic E-state index is 13.0. The van der Waals surface area contributed by atoms with Gasteiger partial charge in [0.25, 0.3) is 0 Å². The summed E-state index contributed by atoms with van der Waals surface area (Å²) >= 11 is 0. The molecule has 70 valence electrons. The van der Waals surface area contributed by atoms with Crippen LogP contribution in [-0.2, 0) is 0 Å². The second kappa shape index (κ2) is 4.72. The first-order valence-corrected chi connectivity index (χ1v) is 4.00. The Morgan fingerprint density at radius 2 is 2.15 bits per heavy atom. The van der Waals surface area contributed by atoms with Gasteiger partial charge in [-0.05, 0) is 25.2 Å². The largest absolute Gasteiger partial charge is 0.316 e. The van der Waals surface area contributed by atoms with Crippen molar-refractivity contribution in [2.24, 2.45) is 0 Å². The summed E-state index contributed by atoms with van der Waals surface area (Å²) in [5.74, 6) is -0.834. The molecule has 1 rings (SSSR count). The number of hydrogen-bond donors (Lipinski definition) is 1. The molecule has 0 fully saturated rings. The number of likely N-dealkylation sites (N-methyl/N-ethyl adjacent to an activating group) is 1. The van der Waals surface area contributed by atoms with Crippen LogP contribution in [0.25, 0.3) is 6.08 Å². The number of nitrogens with one attached hydrogen (secondary N) is 1. The Hall–Kier alpha value is -1.22. The Labute approximate surface area is 76.1 Å². The fraction of sp³-hybridized carbons (Fsp3) is 0.200. The molecule has 0 saturated heterocycles. The molecule has 1 N–H and O–H groups in total. The van der Waals surface area contributed by atoms with Crippen LogP contribution in [0.3, 0.4) is 0 Å². The normalized spacial score (nSPS) is 11.0. The predicted molar refractivity (Wildman–Crippen MR) is 49.3 cm³/mol. The van der Waals surface area contributed by atoms with E-state index in [9.17, 15) is 8.78 Å². The lowest BCUT2D eigenvalue weighted by Crippen LogP contribution is -2.03. The minimum absolute atomic E-state index is 0.273. The highest BCUT2D eigenvalue weighted by molar-refractivity contribution is 5.50. The number of rotatable bonds is 3. The summed E-state index contributed by atoms with van der Waals surface area (Å²) in [7, 11) is 1.78. The number of benzene rings is 1. The maximum Gasteiger partial charge on any atom is 0.130 e. The smallest absolute Gasteiger partial charge is 0.130 e. The van der Waals surface area contributed by atoms with Crippen LogP contribution in [0.1, 0.15) is 5.56 Å². The zero-order valence-corrected chi connectivity index (χ0v) is 7.35. The topological polar surface area (TPSA) is 12.0 Å². The van der Waals surface area contributed by atoms with Crippen LogP contribution in [0.15, 0.2) is 24.3 Å². The average Bonchev–Trinajstić information content (AvgIpc) is 2.11. The molecule has 13 heavy (non-hydrogen) atoms. The van der Waals surface area contributed by atoms with E-state index in [1.165, 1.54) is 6.07 Å². The van der Waals surface area contributed by atoms with Gasteiger partial charge in [-0.2, -0.15) is 0 Å². The minimum Gasteiger partial charge on any atom is -0.316 e. The van der Waals surface area contributed by atoms with Crippen LogP contribution in [0.5, 0.6) is 0 Å². The first kappa shape index (κ1) is 9.86. The predicted octanol–water partition coefficient (Wildman–Crippen LogP) is 2.20. The summed E-state index contributed by atoms with van der Waals surface area (Å²) in [6.45, 7) is 0.635. The molecule has 0 saturated carbocycles. The number of hydrogen-bond acceptors (Lipinski definition) is 1. The van der Waals surface area contributed by atoms with Crippen molar-refractivity contribution >= 4 is 6.08 Å². The summed E-state index contributed by atoms with van der Waals surface area (Å²) in [6, 6.07) is 3.39. The third-order valence-electron chi connectivity index (χ3n) is 1.58. The molecule has 3 heteroatoms. The van der Waals surface area contributed by atoms with E-state index < -0.39 is 11.6 Å². The summed E-state index contributed by atoms with van der Waals surface area (Å²) in [5, 5.41) is 2.87. The molecule has 0 unspecified atom stereocenters. The van der Waals surface area contributed by atoms with Crippen molar-refractivity contribution in [3.05, 3.63) is 41.5 Å². The molecular formula is C10H11F2N. The van der Waals surface area contributed by atoms with Crippen LogP contribution < -0.4 is 5.32 Å². The molecule has 0 amide bonds. The maximum atomic E-state index is 13.0. The van der Waals surface area contributed by atoms with E-state index in [0.717, 1.165) is 12.1 Å². The monoisotopic (exact) mass is 183 g/mol. The zero-order valence-electron chi connectivity index (χ0n) is 7.35. The Kier molecular flexibility index (Phi) is 3.58.